The number of nitrogens with zero attached hydrogens (tertiary/aromatic N) is 3. The van der Waals surface area contributed by atoms with E-state index in [0.29, 0.717) is 16.3 Å². The molecule has 12 heteroatoms. The Bertz CT molecular complexity index is 1410. The highest BCUT2D eigenvalue weighted by Gasteiger charge is 2.48. The molecule has 1 aromatic heterocycles. The van der Waals surface area contributed by atoms with Gasteiger partial charge in [-0.1, -0.05) is 22.9 Å². The molecule has 0 saturated carbocycles. The normalized spacial score (nSPS) is 16.9. The number of aromatic nitrogens is 1. The summed E-state index contributed by atoms with van der Waals surface area (Å²) in [5, 5.41) is 22.7. The van der Waals surface area contributed by atoms with Crippen LogP contribution in [0.2, 0.25) is 5.02 Å². The Morgan fingerprint density at radius 3 is 2.42 bits per heavy atom. The van der Waals surface area contributed by atoms with E-state index >= 15 is 0 Å². The van der Waals surface area contributed by atoms with Gasteiger partial charge in [-0.15, -0.1) is 0 Å². The first-order valence-corrected chi connectivity index (χ1v) is 11.8. The molecule has 0 spiro atoms. The van der Waals surface area contributed by atoms with Crippen LogP contribution in [0, 0.1) is 17.0 Å². The Morgan fingerprint density at radius 1 is 1.19 bits per heavy atom. The second-order valence-electron chi connectivity index (χ2n) is 7.66. The number of benzene rings is 2. The Morgan fingerprint density at radius 2 is 1.83 bits per heavy atom. The number of hydrogen-bond donors (Lipinski definition) is 1. The van der Waals surface area contributed by atoms with Crippen molar-refractivity contribution in [2.75, 3.05) is 11.5 Å². The van der Waals surface area contributed by atoms with Crippen molar-refractivity contribution in [3.8, 4) is 0 Å². The van der Waals surface area contributed by atoms with Crippen LogP contribution in [0.25, 0.3) is 5.76 Å². The lowest BCUT2D eigenvalue weighted by atomic mass is 9.95. The zero-order valence-electron chi connectivity index (χ0n) is 18.9. The van der Waals surface area contributed by atoms with Crippen LogP contribution in [0.15, 0.2) is 54.1 Å². The van der Waals surface area contributed by atoms with Gasteiger partial charge in [0.15, 0.2) is 5.13 Å². The molecule has 2 heterocycles. The molecule has 1 amide bonds. The third-order valence-electron chi connectivity index (χ3n) is 5.43. The van der Waals surface area contributed by atoms with E-state index in [1.54, 1.807) is 13.8 Å². The summed E-state index contributed by atoms with van der Waals surface area (Å²) in [6.45, 7) is 3.36. The Balaban J connectivity index is 1.91. The number of aryl methyl sites for hydroxylation is 1. The fraction of sp³-hybridized carbons (Fsp3) is 0.167. The largest absolute Gasteiger partial charge is 0.507 e. The molecule has 1 aliphatic heterocycles. The van der Waals surface area contributed by atoms with Crippen LogP contribution in [0.4, 0.5) is 10.8 Å². The van der Waals surface area contributed by atoms with Gasteiger partial charge in [0.1, 0.15) is 10.6 Å². The van der Waals surface area contributed by atoms with Crippen molar-refractivity contribution < 1.29 is 29.2 Å². The van der Waals surface area contributed by atoms with Gasteiger partial charge in [-0.25, -0.2) is 9.78 Å². The number of aliphatic hydroxyl groups is 1. The number of ketones is 1. The predicted molar refractivity (Wildman–Crippen MR) is 132 cm³/mol. The lowest BCUT2D eigenvalue weighted by Crippen LogP contribution is -2.29. The number of anilines is 1. The summed E-state index contributed by atoms with van der Waals surface area (Å²) in [6.07, 6.45) is 0. The Labute approximate surface area is 213 Å². The molecule has 4 rings (SSSR count). The number of hydrogen-bond acceptors (Lipinski definition) is 9. The second kappa shape index (κ2) is 9.88. The quantitative estimate of drug-likeness (QED) is 0.120. The van der Waals surface area contributed by atoms with E-state index in [-0.39, 0.29) is 33.4 Å². The van der Waals surface area contributed by atoms with Crippen LogP contribution in [0.3, 0.4) is 0 Å². The minimum Gasteiger partial charge on any atom is -0.507 e. The number of halogens is 1. The van der Waals surface area contributed by atoms with Crippen molar-refractivity contribution in [1.29, 1.82) is 0 Å². The Kier molecular flexibility index (Phi) is 6.86. The lowest BCUT2D eigenvalue weighted by molar-refractivity contribution is -0.384. The average Bonchev–Trinajstić information content (AvgIpc) is 3.36. The van der Waals surface area contributed by atoms with Crippen LogP contribution in [-0.4, -0.2) is 39.3 Å². The molecule has 36 heavy (non-hydrogen) atoms. The van der Waals surface area contributed by atoms with E-state index in [0.717, 1.165) is 16.2 Å². The third-order valence-corrected chi connectivity index (χ3v) is 6.82. The molecule has 1 N–H and O–H groups in total. The lowest BCUT2D eigenvalue weighted by Gasteiger charge is -2.23. The van der Waals surface area contributed by atoms with Gasteiger partial charge in [0.05, 0.1) is 28.8 Å². The molecule has 10 nitrogen and oxygen atoms in total. The van der Waals surface area contributed by atoms with Gasteiger partial charge in [0.25, 0.3) is 11.5 Å². The van der Waals surface area contributed by atoms with Crippen molar-refractivity contribution in [3.63, 3.8) is 0 Å². The number of non-ortho nitro benzene ring substituents is 1. The number of ether oxygens (including phenoxy) is 1. The van der Waals surface area contributed by atoms with Crippen LogP contribution in [-0.2, 0) is 14.3 Å². The maximum absolute atomic E-state index is 13.2. The van der Waals surface area contributed by atoms with Crippen LogP contribution in [0.1, 0.15) is 39.5 Å². The SMILES string of the molecule is CCOC(=O)c1sc(N2C(=O)C(=O)/C(=C(/O)c3ccc(Cl)cc3)C2c2ccc([N+](=O)[O-])cc2)nc1C. The predicted octanol–water partition coefficient (Wildman–Crippen LogP) is 4.82. The molecular weight excluding hydrogens is 510 g/mol. The molecule has 0 bridgehead atoms. The van der Waals surface area contributed by atoms with Crippen molar-refractivity contribution >= 4 is 57.2 Å². The van der Waals surface area contributed by atoms with Crippen molar-refractivity contribution in [1.82, 2.24) is 4.98 Å². The number of nitro benzene ring substituents is 1. The van der Waals surface area contributed by atoms with E-state index in [2.05, 4.69) is 4.98 Å². The molecule has 1 unspecified atom stereocenters. The minimum absolute atomic E-state index is 0.0381. The average molecular weight is 528 g/mol. The summed E-state index contributed by atoms with van der Waals surface area (Å²) in [4.78, 5) is 54.9. The number of thiazole rings is 1. The van der Waals surface area contributed by atoms with E-state index in [9.17, 15) is 29.6 Å². The number of carbonyl (C=O) groups excluding carboxylic acids is 3. The van der Waals surface area contributed by atoms with Gasteiger partial charge in [-0.2, -0.15) is 0 Å². The second-order valence-corrected chi connectivity index (χ2v) is 9.07. The van der Waals surface area contributed by atoms with Crippen molar-refractivity contribution in [2.24, 2.45) is 0 Å². The number of amides is 1. The molecule has 3 aromatic rings. The highest BCUT2D eigenvalue weighted by atomic mass is 35.5. The van der Waals surface area contributed by atoms with Gasteiger partial charge >= 0.3 is 11.9 Å². The summed E-state index contributed by atoms with van der Waals surface area (Å²) in [5.41, 5.74) is 0.438. The fourth-order valence-corrected chi connectivity index (χ4v) is 4.87. The molecule has 184 valence electrons. The standard InChI is InChI=1S/C24H18ClN3O7S/c1-3-35-23(32)21-12(2)26-24(36-21)27-18(13-6-10-16(11-7-13)28(33)34)17(20(30)22(27)31)19(29)14-4-8-15(25)9-5-14/h4-11,18,29H,3H2,1-2H3/b19-17+. The van der Waals surface area contributed by atoms with E-state index in [1.165, 1.54) is 48.5 Å². The maximum atomic E-state index is 13.2. The molecule has 1 fully saturated rings. The molecule has 2 aromatic carbocycles. The number of rotatable bonds is 6. The van der Waals surface area contributed by atoms with Gasteiger partial charge < -0.3 is 9.84 Å². The summed E-state index contributed by atoms with van der Waals surface area (Å²) in [7, 11) is 0. The van der Waals surface area contributed by atoms with Crippen molar-refractivity contribution in [3.05, 3.63) is 90.9 Å². The molecular formula is C24H18ClN3O7S. The first-order chi connectivity index (χ1) is 17.1. The van der Waals surface area contributed by atoms with E-state index < -0.39 is 34.4 Å². The van der Waals surface area contributed by atoms with Gasteiger partial charge in [-0.3, -0.25) is 24.6 Å². The first-order valence-electron chi connectivity index (χ1n) is 10.6. The Hall–Kier alpha value is -4.09. The highest BCUT2D eigenvalue weighted by Crippen LogP contribution is 2.44. The van der Waals surface area contributed by atoms with Gasteiger partial charge in [0.2, 0.25) is 0 Å². The maximum Gasteiger partial charge on any atom is 0.350 e. The fourth-order valence-electron chi connectivity index (χ4n) is 3.76. The number of aliphatic hydroxyl groups excluding tert-OH is 1. The number of Topliss-reactive ketones (excluding diaryl/α,β-unsaturated/α-hetero) is 1. The number of nitro groups is 1. The van der Waals surface area contributed by atoms with Crippen LogP contribution < -0.4 is 4.90 Å². The minimum atomic E-state index is -1.16. The summed E-state index contributed by atoms with van der Waals surface area (Å²) >= 11 is 6.80. The summed E-state index contributed by atoms with van der Waals surface area (Å²) in [5.74, 6) is -3.02. The molecule has 0 aliphatic carbocycles. The topological polar surface area (TPSA) is 140 Å². The summed E-state index contributed by atoms with van der Waals surface area (Å²) < 4.78 is 5.04. The third kappa shape index (κ3) is 4.45. The highest BCUT2D eigenvalue weighted by molar-refractivity contribution is 7.17. The van der Waals surface area contributed by atoms with Gasteiger partial charge in [-0.05, 0) is 55.8 Å². The van der Waals surface area contributed by atoms with Gasteiger partial charge in [0, 0.05) is 22.7 Å². The molecule has 1 atom stereocenters. The monoisotopic (exact) mass is 527 g/mol. The summed E-state index contributed by atoms with van der Waals surface area (Å²) in [6, 6.07) is 10.1. The first kappa shape index (κ1) is 25.0. The number of esters is 1. The number of carbonyl (C=O) groups is 3. The smallest absolute Gasteiger partial charge is 0.350 e. The van der Waals surface area contributed by atoms with E-state index in [1.807, 2.05) is 0 Å². The van der Waals surface area contributed by atoms with Crippen molar-refractivity contribution in [2.45, 2.75) is 19.9 Å². The zero-order chi connectivity index (χ0) is 26.1. The molecule has 1 saturated heterocycles. The molecule has 0 radical (unpaired) electrons. The van der Waals surface area contributed by atoms with Crippen LogP contribution >= 0.6 is 22.9 Å². The van der Waals surface area contributed by atoms with Crippen LogP contribution in [0.5, 0.6) is 0 Å². The zero-order valence-corrected chi connectivity index (χ0v) is 20.5. The molecule has 1 aliphatic rings. The van der Waals surface area contributed by atoms with E-state index in [4.69, 9.17) is 16.3 Å².